The van der Waals surface area contributed by atoms with E-state index in [4.69, 9.17) is 11.6 Å². The monoisotopic (exact) mass is 336 g/mol. The van der Waals surface area contributed by atoms with E-state index in [2.05, 4.69) is 17.3 Å². The summed E-state index contributed by atoms with van der Waals surface area (Å²) < 4.78 is 0. The molecule has 3 rings (SSSR count). The Morgan fingerprint density at radius 2 is 1.83 bits per heavy atom. The van der Waals surface area contributed by atoms with E-state index >= 15 is 0 Å². The second kappa shape index (κ2) is 6.80. The van der Waals surface area contributed by atoms with Gasteiger partial charge in [-0.25, -0.2) is 0 Å². The van der Waals surface area contributed by atoms with Crippen LogP contribution in [0.25, 0.3) is 0 Å². The van der Waals surface area contributed by atoms with Crippen molar-refractivity contribution in [1.29, 1.82) is 0 Å². The molecule has 1 aromatic rings. The van der Waals surface area contributed by atoms with Crippen LogP contribution in [0, 0.1) is 5.92 Å². The third-order valence-electron chi connectivity index (χ3n) is 5.51. The molecule has 2 bridgehead atoms. The second-order valence-electron chi connectivity index (χ2n) is 7.00. The lowest BCUT2D eigenvalue weighted by atomic mass is 9.82. The summed E-state index contributed by atoms with van der Waals surface area (Å²) in [6.45, 7) is 1.51. The number of amides is 1. The van der Waals surface area contributed by atoms with Gasteiger partial charge in [0.2, 0.25) is 5.91 Å². The van der Waals surface area contributed by atoms with E-state index in [1.807, 2.05) is 24.3 Å². The highest BCUT2D eigenvalue weighted by molar-refractivity contribution is 6.30. The van der Waals surface area contributed by atoms with Gasteiger partial charge in [0, 0.05) is 17.1 Å². The maximum absolute atomic E-state index is 12.1. The fraction of sp³-hybridized carbons (Fsp3) is 0.611. The number of nitrogens with one attached hydrogen (secondary N) is 1. The Hall–Kier alpha value is -1.10. The molecule has 0 aromatic heterocycles. The van der Waals surface area contributed by atoms with Crippen molar-refractivity contribution >= 4 is 17.5 Å². The Morgan fingerprint density at radius 1 is 1.26 bits per heavy atom. The predicted octanol–water partition coefficient (Wildman–Crippen LogP) is 2.75. The molecule has 0 saturated carbocycles. The van der Waals surface area contributed by atoms with Gasteiger partial charge in [0.1, 0.15) is 6.10 Å². The summed E-state index contributed by atoms with van der Waals surface area (Å²) in [5.41, 5.74) is 1.07. The number of carbonyl (C=O) groups excluding carboxylic acids is 1. The summed E-state index contributed by atoms with van der Waals surface area (Å²) in [6.07, 6.45) is 3.67. The van der Waals surface area contributed by atoms with E-state index in [-0.39, 0.29) is 11.9 Å². The summed E-state index contributed by atoms with van der Waals surface area (Å²) in [6, 6.07) is 8.84. The lowest BCUT2D eigenvalue weighted by Gasteiger charge is -2.40. The van der Waals surface area contributed by atoms with Gasteiger partial charge in [-0.2, -0.15) is 0 Å². The molecule has 5 heteroatoms. The average molecular weight is 337 g/mol. The minimum atomic E-state index is -0.993. The van der Waals surface area contributed by atoms with Gasteiger partial charge < -0.3 is 15.3 Å². The number of hydrogen-bond donors (Lipinski definition) is 2. The Morgan fingerprint density at radius 3 is 2.35 bits per heavy atom. The molecule has 0 radical (unpaired) electrons. The van der Waals surface area contributed by atoms with Crippen molar-refractivity contribution in [3.63, 3.8) is 0 Å². The molecule has 4 nitrogen and oxygen atoms in total. The van der Waals surface area contributed by atoms with Crippen LogP contribution in [0.1, 0.15) is 44.2 Å². The second-order valence-corrected chi connectivity index (χ2v) is 7.43. The van der Waals surface area contributed by atoms with Crippen LogP contribution >= 0.6 is 11.6 Å². The van der Waals surface area contributed by atoms with Gasteiger partial charge in [0.25, 0.3) is 0 Å². The number of halogens is 1. The lowest BCUT2D eigenvalue weighted by Crippen LogP contribution is -2.46. The SMILES string of the molecule is C[C@@H](O)C(=O)N[C@H](c1ccc(Cl)cc1)C1C[C@H]2CC[C@@H](C1)N2C. The van der Waals surface area contributed by atoms with Gasteiger partial charge in [-0.1, -0.05) is 23.7 Å². The standard InChI is InChI=1S/C18H25ClN2O2/c1-11(22)18(23)20-17(12-3-5-14(19)6-4-12)13-9-15-7-8-16(10-13)21(15)2/h3-6,11,13,15-17,22H,7-10H2,1-2H3,(H,20,23)/t11-,13?,15-,16+,17-/m1/s1. The van der Waals surface area contributed by atoms with Crippen LogP contribution in [-0.4, -0.2) is 41.1 Å². The van der Waals surface area contributed by atoms with Gasteiger partial charge in [0.15, 0.2) is 0 Å². The first kappa shape index (κ1) is 16.7. The van der Waals surface area contributed by atoms with E-state index in [1.54, 1.807) is 0 Å². The number of aliphatic hydroxyl groups excluding tert-OH is 1. The molecule has 1 aromatic carbocycles. The average Bonchev–Trinajstić information content (AvgIpc) is 2.75. The predicted molar refractivity (Wildman–Crippen MR) is 91.3 cm³/mol. The highest BCUT2D eigenvalue weighted by Gasteiger charge is 2.41. The van der Waals surface area contributed by atoms with Gasteiger partial charge >= 0.3 is 0 Å². The minimum absolute atomic E-state index is 0.0637. The quantitative estimate of drug-likeness (QED) is 0.889. The highest BCUT2D eigenvalue weighted by Crippen LogP contribution is 2.42. The van der Waals surface area contributed by atoms with Gasteiger partial charge in [-0.15, -0.1) is 0 Å². The number of rotatable bonds is 4. The van der Waals surface area contributed by atoms with E-state index in [0.29, 0.717) is 23.0 Å². The number of aliphatic hydroxyl groups is 1. The molecule has 2 heterocycles. The minimum Gasteiger partial charge on any atom is -0.384 e. The number of hydrogen-bond acceptors (Lipinski definition) is 3. The van der Waals surface area contributed by atoms with E-state index in [0.717, 1.165) is 18.4 Å². The molecule has 2 aliphatic heterocycles. The van der Waals surface area contributed by atoms with Crippen LogP contribution < -0.4 is 5.32 Å². The smallest absolute Gasteiger partial charge is 0.249 e. The van der Waals surface area contributed by atoms with Crippen molar-refractivity contribution in [3.05, 3.63) is 34.9 Å². The molecule has 0 aliphatic carbocycles. The van der Waals surface area contributed by atoms with Gasteiger partial charge in [-0.05, 0) is 63.3 Å². The molecular weight excluding hydrogens is 312 g/mol. The first-order valence-corrected chi connectivity index (χ1v) is 8.79. The van der Waals surface area contributed by atoms with Crippen molar-refractivity contribution in [2.75, 3.05) is 7.05 Å². The number of piperidine rings is 1. The molecule has 1 amide bonds. The van der Waals surface area contributed by atoms with Crippen LogP contribution in [0.3, 0.4) is 0 Å². The summed E-state index contributed by atoms with van der Waals surface area (Å²) in [7, 11) is 2.21. The maximum atomic E-state index is 12.1. The largest absolute Gasteiger partial charge is 0.384 e. The first-order chi connectivity index (χ1) is 11.0. The van der Waals surface area contributed by atoms with Crippen LogP contribution in [-0.2, 0) is 4.79 Å². The fourth-order valence-electron chi connectivity index (χ4n) is 4.14. The number of benzene rings is 1. The van der Waals surface area contributed by atoms with Crippen molar-refractivity contribution in [1.82, 2.24) is 10.2 Å². The van der Waals surface area contributed by atoms with Crippen molar-refractivity contribution in [2.45, 2.75) is 56.8 Å². The number of carbonyl (C=O) groups is 1. The topological polar surface area (TPSA) is 52.6 Å². The number of nitrogens with zero attached hydrogens (tertiary/aromatic N) is 1. The van der Waals surface area contributed by atoms with Crippen LogP contribution in [0.5, 0.6) is 0 Å². The summed E-state index contributed by atoms with van der Waals surface area (Å²) in [4.78, 5) is 14.6. The molecule has 5 atom stereocenters. The first-order valence-electron chi connectivity index (χ1n) is 8.41. The zero-order valence-corrected chi connectivity index (χ0v) is 14.5. The summed E-state index contributed by atoms with van der Waals surface area (Å²) in [5.74, 6) is 0.0869. The summed E-state index contributed by atoms with van der Waals surface area (Å²) in [5, 5.41) is 13.3. The van der Waals surface area contributed by atoms with Gasteiger partial charge in [0.05, 0.1) is 6.04 Å². The molecule has 2 aliphatic rings. The van der Waals surface area contributed by atoms with E-state index < -0.39 is 6.10 Å². The maximum Gasteiger partial charge on any atom is 0.249 e. The van der Waals surface area contributed by atoms with Crippen molar-refractivity contribution in [2.24, 2.45) is 5.92 Å². The van der Waals surface area contributed by atoms with Gasteiger partial charge in [-0.3, -0.25) is 4.79 Å². The van der Waals surface area contributed by atoms with E-state index in [1.165, 1.54) is 19.8 Å². The highest BCUT2D eigenvalue weighted by atomic mass is 35.5. The molecule has 0 spiro atoms. The molecule has 1 unspecified atom stereocenters. The Labute approximate surface area is 142 Å². The fourth-order valence-corrected chi connectivity index (χ4v) is 4.27. The molecule has 23 heavy (non-hydrogen) atoms. The van der Waals surface area contributed by atoms with Crippen LogP contribution in [0.2, 0.25) is 5.02 Å². The summed E-state index contributed by atoms with van der Waals surface area (Å²) >= 11 is 6.00. The molecular formula is C18H25ClN2O2. The van der Waals surface area contributed by atoms with Crippen molar-refractivity contribution in [3.8, 4) is 0 Å². The molecule has 126 valence electrons. The lowest BCUT2D eigenvalue weighted by molar-refractivity contribution is -0.129. The molecule has 2 N–H and O–H groups in total. The Balaban J connectivity index is 1.83. The van der Waals surface area contributed by atoms with Crippen LogP contribution in [0.15, 0.2) is 24.3 Å². The normalized spacial score (nSPS) is 30.0. The van der Waals surface area contributed by atoms with Crippen LogP contribution in [0.4, 0.5) is 0 Å². The van der Waals surface area contributed by atoms with Crippen molar-refractivity contribution < 1.29 is 9.90 Å². The zero-order chi connectivity index (χ0) is 16.6. The van der Waals surface area contributed by atoms with E-state index in [9.17, 15) is 9.90 Å². The Bertz CT molecular complexity index is 547. The third-order valence-corrected chi connectivity index (χ3v) is 5.76. The zero-order valence-electron chi connectivity index (χ0n) is 13.7. The number of fused-ring (bicyclic) bond motifs is 2. The molecule has 2 saturated heterocycles. The molecule has 2 fully saturated rings. The Kier molecular flexibility index (Phi) is 4.95. The third kappa shape index (κ3) is 3.54.